The number of likely N-dealkylation sites (tertiary alicyclic amines) is 1. The van der Waals surface area contributed by atoms with Gasteiger partial charge in [-0.15, -0.1) is 0 Å². The second-order valence-corrected chi connectivity index (χ2v) is 6.90. The predicted octanol–water partition coefficient (Wildman–Crippen LogP) is 3.75. The molecule has 1 fully saturated rings. The maximum atomic E-state index is 13.1. The first-order valence-electron chi connectivity index (χ1n) is 9.34. The first-order chi connectivity index (χ1) is 12.2. The molecule has 1 unspecified atom stereocenters. The highest BCUT2D eigenvalue weighted by Crippen LogP contribution is 2.19. The maximum Gasteiger partial charge on any atom is 0.123 e. The molecule has 3 rings (SSSR count). The van der Waals surface area contributed by atoms with Crippen LogP contribution < -0.4 is 0 Å². The Morgan fingerprint density at radius 2 is 2.04 bits per heavy atom. The van der Waals surface area contributed by atoms with Gasteiger partial charge >= 0.3 is 0 Å². The molecule has 2 aromatic rings. The monoisotopic (exact) mass is 341 g/mol. The van der Waals surface area contributed by atoms with Crippen LogP contribution in [-0.4, -0.2) is 47.0 Å². The molecule has 134 valence electrons. The van der Waals surface area contributed by atoms with Crippen molar-refractivity contribution in [2.24, 2.45) is 0 Å². The number of hydrogen-bond donors (Lipinski definition) is 0. The normalized spacial score (nSPS) is 18.1. The second kappa shape index (κ2) is 9.07. The number of hydrogen-bond acceptors (Lipinski definition) is 3. The van der Waals surface area contributed by atoms with Crippen LogP contribution in [0.5, 0.6) is 0 Å². The van der Waals surface area contributed by atoms with Gasteiger partial charge in [-0.1, -0.05) is 25.1 Å². The van der Waals surface area contributed by atoms with Crippen LogP contribution in [0, 0.1) is 5.82 Å². The fourth-order valence-electron chi connectivity index (χ4n) is 3.74. The lowest BCUT2D eigenvalue weighted by atomic mass is 10.1. The van der Waals surface area contributed by atoms with E-state index in [-0.39, 0.29) is 5.82 Å². The summed E-state index contributed by atoms with van der Waals surface area (Å²) in [6.07, 6.45) is 7.31. The molecule has 1 saturated heterocycles. The molecule has 1 atom stereocenters. The summed E-state index contributed by atoms with van der Waals surface area (Å²) in [6.45, 7) is 7.59. The Labute approximate surface area is 150 Å². The van der Waals surface area contributed by atoms with Crippen molar-refractivity contribution in [2.75, 3.05) is 26.2 Å². The van der Waals surface area contributed by atoms with Gasteiger partial charge in [0.15, 0.2) is 0 Å². The smallest absolute Gasteiger partial charge is 0.123 e. The molecule has 1 aliphatic heterocycles. The average molecular weight is 341 g/mol. The Morgan fingerprint density at radius 1 is 1.20 bits per heavy atom. The first-order valence-corrected chi connectivity index (χ1v) is 9.34. The van der Waals surface area contributed by atoms with Crippen molar-refractivity contribution in [3.8, 4) is 0 Å². The van der Waals surface area contributed by atoms with Gasteiger partial charge in [-0.3, -0.25) is 14.8 Å². The Balaban J connectivity index is 1.64. The third kappa shape index (κ3) is 5.35. The van der Waals surface area contributed by atoms with E-state index in [9.17, 15) is 4.39 Å². The van der Waals surface area contributed by atoms with E-state index in [0.29, 0.717) is 6.04 Å². The number of aromatic nitrogens is 1. The zero-order valence-corrected chi connectivity index (χ0v) is 15.1. The fourth-order valence-corrected chi connectivity index (χ4v) is 3.74. The van der Waals surface area contributed by atoms with Crippen molar-refractivity contribution in [3.05, 3.63) is 65.7 Å². The molecule has 0 N–H and O–H groups in total. The van der Waals surface area contributed by atoms with Gasteiger partial charge in [-0.2, -0.15) is 0 Å². The minimum absolute atomic E-state index is 0.166. The van der Waals surface area contributed by atoms with Gasteiger partial charge < -0.3 is 0 Å². The van der Waals surface area contributed by atoms with Gasteiger partial charge in [0.05, 0.1) is 0 Å². The largest absolute Gasteiger partial charge is 0.299 e. The highest BCUT2D eigenvalue weighted by atomic mass is 19.1. The molecule has 1 aromatic carbocycles. The maximum absolute atomic E-state index is 13.1. The molecule has 0 bridgehead atoms. The molecule has 0 saturated carbocycles. The van der Waals surface area contributed by atoms with E-state index in [1.165, 1.54) is 30.5 Å². The van der Waals surface area contributed by atoms with E-state index in [2.05, 4.69) is 27.8 Å². The van der Waals surface area contributed by atoms with Gasteiger partial charge in [0.2, 0.25) is 0 Å². The van der Waals surface area contributed by atoms with Gasteiger partial charge in [-0.05, 0) is 61.7 Å². The second-order valence-electron chi connectivity index (χ2n) is 6.90. The number of nitrogens with zero attached hydrogens (tertiary/aromatic N) is 3. The third-order valence-corrected chi connectivity index (χ3v) is 5.13. The molecule has 4 heteroatoms. The summed E-state index contributed by atoms with van der Waals surface area (Å²) in [6, 6.07) is 11.7. The summed E-state index contributed by atoms with van der Waals surface area (Å²) in [5, 5.41) is 0. The van der Waals surface area contributed by atoms with Crippen LogP contribution in [0.2, 0.25) is 0 Å². The summed E-state index contributed by atoms with van der Waals surface area (Å²) < 4.78 is 13.1. The van der Waals surface area contributed by atoms with Crippen molar-refractivity contribution >= 4 is 0 Å². The average Bonchev–Trinajstić information content (AvgIpc) is 3.09. The lowest BCUT2D eigenvalue weighted by Crippen LogP contribution is -2.40. The SMILES string of the molecule is CCN1CCCC1CN(CCc1ccc(F)cc1)Cc1cccnc1. The topological polar surface area (TPSA) is 19.4 Å². The van der Waals surface area contributed by atoms with Crippen LogP contribution in [0.15, 0.2) is 48.8 Å². The summed E-state index contributed by atoms with van der Waals surface area (Å²) in [4.78, 5) is 9.37. The van der Waals surface area contributed by atoms with Gasteiger partial charge in [0.25, 0.3) is 0 Å². The molecule has 3 nitrogen and oxygen atoms in total. The highest BCUT2D eigenvalue weighted by molar-refractivity contribution is 5.16. The van der Waals surface area contributed by atoms with Crippen molar-refractivity contribution in [3.63, 3.8) is 0 Å². The molecule has 0 aliphatic carbocycles. The highest BCUT2D eigenvalue weighted by Gasteiger charge is 2.25. The lowest BCUT2D eigenvalue weighted by Gasteiger charge is -2.30. The van der Waals surface area contributed by atoms with Gasteiger partial charge in [-0.25, -0.2) is 4.39 Å². The van der Waals surface area contributed by atoms with Crippen molar-refractivity contribution < 1.29 is 4.39 Å². The summed E-state index contributed by atoms with van der Waals surface area (Å²) >= 11 is 0. The minimum atomic E-state index is -0.166. The van der Waals surface area contributed by atoms with Gasteiger partial charge in [0, 0.05) is 38.1 Å². The Morgan fingerprint density at radius 3 is 2.76 bits per heavy atom. The van der Waals surface area contributed by atoms with Crippen LogP contribution in [-0.2, 0) is 13.0 Å². The lowest BCUT2D eigenvalue weighted by molar-refractivity contribution is 0.172. The molecule has 0 radical (unpaired) electrons. The number of benzene rings is 1. The van der Waals surface area contributed by atoms with Crippen LogP contribution in [0.4, 0.5) is 4.39 Å². The number of halogens is 1. The number of likely N-dealkylation sites (N-methyl/N-ethyl adjacent to an activating group) is 1. The Kier molecular flexibility index (Phi) is 6.54. The number of rotatable bonds is 8. The molecule has 2 heterocycles. The first kappa shape index (κ1) is 18.0. The molecule has 25 heavy (non-hydrogen) atoms. The summed E-state index contributed by atoms with van der Waals surface area (Å²) in [7, 11) is 0. The van der Waals surface area contributed by atoms with E-state index >= 15 is 0 Å². The van der Waals surface area contributed by atoms with Crippen molar-refractivity contribution in [2.45, 2.75) is 38.8 Å². The van der Waals surface area contributed by atoms with Crippen molar-refractivity contribution in [1.29, 1.82) is 0 Å². The molecular weight excluding hydrogens is 313 g/mol. The van der Waals surface area contributed by atoms with E-state index < -0.39 is 0 Å². The van der Waals surface area contributed by atoms with E-state index in [0.717, 1.165) is 32.6 Å². The summed E-state index contributed by atoms with van der Waals surface area (Å²) in [5.74, 6) is -0.166. The zero-order valence-electron chi connectivity index (χ0n) is 15.1. The molecule has 0 amide bonds. The molecule has 0 spiro atoms. The Hall–Kier alpha value is -1.78. The molecule has 1 aliphatic rings. The molecule has 1 aromatic heterocycles. The van der Waals surface area contributed by atoms with Crippen LogP contribution in [0.3, 0.4) is 0 Å². The number of pyridine rings is 1. The van der Waals surface area contributed by atoms with E-state index in [4.69, 9.17) is 0 Å². The Bertz CT molecular complexity index is 629. The van der Waals surface area contributed by atoms with Crippen LogP contribution >= 0.6 is 0 Å². The van der Waals surface area contributed by atoms with Crippen LogP contribution in [0.25, 0.3) is 0 Å². The van der Waals surface area contributed by atoms with Crippen molar-refractivity contribution in [1.82, 2.24) is 14.8 Å². The van der Waals surface area contributed by atoms with Gasteiger partial charge in [0.1, 0.15) is 5.82 Å². The van der Waals surface area contributed by atoms with E-state index in [1.807, 2.05) is 30.6 Å². The fraction of sp³-hybridized carbons (Fsp3) is 0.476. The minimum Gasteiger partial charge on any atom is -0.299 e. The zero-order chi connectivity index (χ0) is 17.5. The van der Waals surface area contributed by atoms with E-state index in [1.54, 1.807) is 12.1 Å². The standard InChI is InChI=1S/C21H28FN3/c1-2-25-13-4-6-21(25)17-24(16-19-5-3-12-23-15-19)14-11-18-7-9-20(22)10-8-18/h3,5,7-10,12,15,21H,2,4,6,11,13-14,16-17H2,1H3. The third-order valence-electron chi connectivity index (χ3n) is 5.13. The summed E-state index contributed by atoms with van der Waals surface area (Å²) in [5.41, 5.74) is 2.44. The predicted molar refractivity (Wildman–Crippen MR) is 99.9 cm³/mol. The van der Waals surface area contributed by atoms with Crippen LogP contribution in [0.1, 0.15) is 30.9 Å². The quantitative estimate of drug-likeness (QED) is 0.729. The molecular formula is C21H28FN3.